The summed E-state index contributed by atoms with van der Waals surface area (Å²) in [7, 11) is -3.53. The van der Waals surface area contributed by atoms with E-state index in [0.29, 0.717) is 12.3 Å². The summed E-state index contributed by atoms with van der Waals surface area (Å²) in [6.45, 7) is 3.74. The molecule has 0 heterocycles. The van der Waals surface area contributed by atoms with Gasteiger partial charge in [-0.25, -0.2) is 17.9 Å². The Balaban J connectivity index is 1.70. The standard InChI is InChI=1S/C20H23NO5S/c1-3-19-16(13-21-27(23,24)18-7-5-4-6-8-18)11-15-12-17(9-10-20(15)19)26-25-14(2)22/h4-10,12,16,19,21H,3,11,13H2,1-2H3. The first kappa shape index (κ1) is 19.4. The number of hydrogen-bond donors (Lipinski definition) is 1. The van der Waals surface area contributed by atoms with Crippen molar-refractivity contribution in [2.24, 2.45) is 5.92 Å². The van der Waals surface area contributed by atoms with Crippen molar-refractivity contribution in [1.29, 1.82) is 0 Å². The lowest BCUT2D eigenvalue weighted by Gasteiger charge is -2.19. The molecule has 0 bridgehead atoms. The minimum Gasteiger partial charge on any atom is -0.287 e. The average Bonchev–Trinajstić information content (AvgIpc) is 3.02. The van der Waals surface area contributed by atoms with Crippen molar-refractivity contribution in [3.05, 3.63) is 59.7 Å². The van der Waals surface area contributed by atoms with Crippen molar-refractivity contribution in [1.82, 2.24) is 4.72 Å². The Morgan fingerprint density at radius 3 is 2.59 bits per heavy atom. The molecule has 1 aliphatic carbocycles. The molecule has 0 aliphatic heterocycles. The van der Waals surface area contributed by atoms with Gasteiger partial charge in [-0.2, -0.15) is 0 Å². The minimum atomic E-state index is -3.53. The van der Waals surface area contributed by atoms with Crippen LogP contribution >= 0.6 is 0 Å². The van der Waals surface area contributed by atoms with Gasteiger partial charge in [0.25, 0.3) is 0 Å². The van der Waals surface area contributed by atoms with Gasteiger partial charge in [-0.15, -0.1) is 0 Å². The third-order valence-corrected chi connectivity index (χ3v) is 6.29. The SMILES string of the molecule is CCC1c2ccc(OOC(C)=O)cc2CC1CNS(=O)(=O)c1ccccc1. The fourth-order valence-corrected chi connectivity index (χ4v) is 4.74. The van der Waals surface area contributed by atoms with Gasteiger partial charge in [-0.05, 0) is 60.1 Å². The van der Waals surface area contributed by atoms with Gasteiger partial charge in [0.1, 0.15) is 0 Å². The maximum Gasteiger partial charge on any atom is 0.352 e. The number of rotatable bonds is 7. The number of benzene rings is 2. The van der Waals surface area contributed by atoms with Crippen LogP contribution in [0.2, 0.25) is 0 Å². The van der Waals surface area contributed by atoms with Crippen molar-refractivity contribution in [3.63, 3.8) is 0 Å². The lowest BCUT2D eigenvalue weighted by Crippen LogP contribution is -2.31. The molecule has 6 nitrogen and oxygen atoms in total. The molecule has 1 aliphatic rings. The number of carbonyl (C=O) groups excluding carboxylic acids is 1. The first-order valence-electron chi connectivity index (χ1n) is 8.93. The second-order valence-electron chi connectivity index (χ2n) is 6.66. The van der Waals surface area contributed by atoms with Crippen LogP contribution in [0.25, 0.3) is 0 Å². The predicted molar refractivity (Wildman–Crippen MR) is 101 cm³/mol. The summed E-state index contributed by atoms with van der Waals surface area (Å²) in [5.41, 5.74) is 2.28. The molecule has 0 spiro atoms. The average molecular weight is 389 g/mol. The molecule has 0 saturated heterocycles. The van der Waals surface area contributed by atoms with Crippen LogP contribution in [0.5, 0.6) is 5.75 Å². The van der Waals surface area contributed by atoms with E-state index in [1.807, 2.05) is 12.1 Å². The lowest BCUT2D eigenvalue weighted by molar-refractivity contribution is -0.210. The van der Waals surface area contributed by atoms with Crippen molar-refractivity contribution in [3.8, 4) is 5.75 Å². The van der Waals surface area contributed by atoms with Gasteiger partial charge in [0.15, 0.2) is 5.75 Å². The number of hydrogen-bond acceptors (Lipinski definition) is 5. The van der Waals surface area contributed by atoms with Crippen LogP contribution < -0.4 is 9.61 Å². The molecule has 2 aromatic carbocycles. The highest BCUT2D eigenvalue weighted by atomic mass is 32.2. The molecule has 0 aromatic heterocycles. The van der Waals surface area contributed by atoms with E-state index in [1.54, 1.807) is 36.4 Å². The summed E-state index contributed by atoms with van der Waals surface area (Å²) in [5.74, 6) is 0.369. The fraction of sp³-hybridized carbons (Fsp3) is 0.350. The van der Waals surface area contributed by atoms with Crippen molar-refractivity contribution < 1.29 is 23.0 Å². The molecule has 0 saturated carbocycles. The van der Waals surface area contributed by atoms with E-state index in [9.17, 15) is 13.2 Å². The Morgan fingerprint density at radius 1 is 1.19 bits per heavy atom. The van der Waals surface area contributed by atoms with E-state index in [4.69, 9.17) is 4.89 Å². The highest BCUT2D eigenvalue weighted by Gasteiger charge is 2.32. The smallest absolute Gasteiger partial charge is 0.287 e. The van der Waals surface area contributed by atoms with E-state index in [-0.39, 0.29) is 16.7 Å². The van der Waals surface area contributed by atoms with Crippen LogP contribution in [0.3, 0.4) is 0 Å². The third-order valence-electron chi connectivity index (χ3n) is 4.85. The lowest BCUT2D eigenvalue weighted by atomic mass is 9.90. The Labute approximate surface area is 159 Å². The van der Waals surface area contributed by atoms with Crippen LogP contribution in [0, 0.1) is 5.92 Å². The summed E-state index contributed by atoms with van der Waals surface area (Å²) in [6, 6.07) is 14.0. The van der Waals surface area contributed by atoms with E-state index < -0.39 is 16.0 Å². The molecular weight excluding hydrogens is 366 g/mol. The number of fused-ring (bicyclic) bond motifs is 1. The molecule has 2 aromatic rings. The van der Waals surface area contributed by atoms with Crippen LogP contribution in [0.1, 0.15) is 37.3 Å². The van der Waals surface area contributed by atoms with Gasteiger partial charge in [0, 0.05) is 13.5 Å². The van der Waals surface area contributed by atoms with E-state index >= 15 is 0 Å². The highest BCUT2D eigenvalue weighted by Crippen LogP contribution is 2.41. The van der Waals surface area contributed by atoms with Crippen LogP contribution in [0.15, 0.2) is 53.4 Å². The molecule has 7 heteroatoms. The first-order valence-corrected chi connectivity index (χ1v) is 10.4. The number of sulfonamides is 1. The minimum absolute atomic E-state index is 0.160. The number of nitrogens with one attached hydrogen (secondary N) is 1. The summed E-state index contributed by atoms with van der Waals surface area (Å²) < 4.78 is 27.7. The van der Waals surface area contributed by atoms with Gasteiger partial charge in [-0.1, -0.05) is 31.2 Å². The normalized spacial score (nSPS) is 18.7. The van der Waals surface area contributed by atoms with E-state index in [0.717, 1.165) is 18.4 Å². The van der Waals surface area contributed by atoms with Gasteiger partial charge in [0.05, 0.1) is 4.90 Å². The van der Waals surface area contributed by atoms with Gasteiger partial charge >= 0.3 is 5.97 Å². The van der Waals surface area contributed by atoms with Crippen LogP contribution in [-0.2, 0) is 26.1 Å². The van der Waals surface area contributed by atoms with Gasteiger partial charge in [-0.3, -0.25) is 9.78 Å². The zero-order chi connectivity index (χ0) is 19.4. The van der Waals surface area contributed by atoms with E-state index in [1.165, 1.54) is 12.5 Å². The Morgan fingerprint density at radius 2 is 1.93 bits per heavy atom. The second kappa shape index (κ2) is 8.10. The third kappa shape index (κ3) is 4.48. The van der Waals surface area contributed by atoms with Crippen LogP contribution in [-0.4, -0.2) is 20.9 Å². The molecule has 0 amide bonds. The Kier molecular flexibility index (Phi) is 5.82. The van der Waals surface area contributed by atoms with Gasteiger partial charge in [0.2, 0.25) is 10.0 Å². The molecule has 3 rings (SSSR count). The molecule has 0 fully saturated rings. The van der Waals surface area contributed by atoms with Crippen molar-refractivity contribution in [2.75, 3.05) is 6.54 Å². The Bertz CT molecular complexity index is 911. The first-order chi connectivity index (χ1) is 12.9. The second-order valence-corrected chi connectivity index (χ2v) is 8.43. The summed E-state index contributed by atoms with van der Waals surface area (Å²) in [5, 5.41) is 0. The molecule has 1 N–H and O–H groups in total. The predicted octanol–water partition coefficient (Wildman–Crippen LogP) is 3.19. The fourth-order valence-electron chi connectivity index (χ4n) is 3.63. The molecule has 144 valence electrons. The highest BCUT2D eigenvalue weighted by molar-refractivity contribution is 7.89. The monoisotopic (exact) mass is 389 g/mol. The largest absolute Gasteiger partial charge is 0.352 e. The van der Waals surface area contributed by atoms with Crippen molar-refractivity contribution >= 4 is 16.0 Å². The zero-order valence-electron chi connectivity index (χ0n) is 15.3. The molecular formula is C20H23NO5S. The summed E-state index contributed by atoms with van der Waals surface area (Å²) >= 11 is 0. The van der Waals surface area contributed by atoms with E-state index in [2.05, 4.69) is 16.5 Å². The molecule has 2 atom stereocenters. The summed E-state index contributed by atoms with van der Waals surface area (Å²) in [6.07, 6.45) is 1.65. The molecule has 2 unspecified atom stereocenters. The maximum absolute atomic E-state index is 12.5. The maximum atomic E-state index is 12.5. The topological polar surface area (TPSA) is 81.7 Å². The summed E-state index contributed by atoms with van der Waals surface area (Å²) in [4.78, 5) is 20.7. The Hall–Kier alpha value is -2.38. The zero-order valence-corrected chi connectivity index (χ0v) is 16.2. The number of carbonyl (C=O) groups is 1. The molecule has 0 radical (unpaired) electrons. The quantitative estimate of drug-likeness (QED) is 0.581. The molecule has 27 heavy (non-hydrogen) atoms. The van der Waals surface area contributed by atoms with Crippen LogP contribution in [0.4, 0.5) is 0 Å². The van der Waals surface area contributed by atoms with Gasteiger partial charge < -0.3 is 0 Å². The van der Waals surface area contributed by atoms with Crippen molar-refractivity contribution in [2.45, 2.75) is 37.5 Å².